The lowest BCUT2D eigenvalue weighted by molar-refractivity contribution is -0.112. The summed E-state index contributed by atoms with van der Waals surface area (Å²) in [5.74, 6) is 0.758. The fourth-order valence-corrected chi connectivity index (χ4v) is 8.03. The minimum Gasteiger partial charge on any atom is -0.492 e. The molecule has 14 nitrogen and oxygen atoms in total. The van der Waals surface area contributed by atoms with Crippen molar-refractivity contribution in [3.05, 3.63) is 156 Å². The number of benzene rings is 4. The van der Waals surface area contributed by atoms with Crippen LogP contribution in [0.25, 0.3) is 11.2 Å². The molecule has 4 aromatic carbocycles. The normalized spacial score (nSPS) is 20.2. The number of nitrogens with zero attached hydrogens (tertiary/aromatic N) is 4. The Morgan fingerprint density at radius 1 is 0.850 bits per heavy atom. The summed E-state index contributed by atoms with van der Waals surface area (Å²) < 4.78 is 36.2. The van der Waals surface area contributed by atoms with Gasteiger partial charge in [0.25, 0.3) is 0 Å². The molecule has 8 rings (SSSR count). The lowest BCUT2D eigenvalue weighted by atomic mass is 9.77. The van der Waals surface area contributed by atoms with Crippen molar-refractivity contribution in [3.8, 4) is 17.2 Å². The molecule has 6 aromatic rings. The predicted octanol–water partition coefficient (Wildman–Crippen LogP) is 6.78. The van der Waals surface area contributed by atoms with Crippen molar-refractivity contribution in [2.75, 3.05) is 45.5 Å². The highest BCUT2D eigenvalue weighted by molar-refractivity contribution is 6.01. The van der Waals surface area contributed by atoms with Crippen LogP contribution in [-0.2, 0) is 31.0 Å². The molecule has 0 saturated carbocycles. The number of imidazole rings is 1. The zero-order valence-electron chi connectivity index (χ0n) is 33.4. The second-order valence-electron chi connectivity index (χ2n) is 14.3. The molecule has 2 bridgehead atoms. The van der Waals surface area contributed by atoms with Gasteiger partial charge in [0.2, 0.25) is 5.91 Å². The minimum atomic E-state index is -1.01. The Bertz CT molecular complexity index is 2370. The van der Waals surface area contributed by atoms with Crippen LogP contribution in [0, 0.1) is 5.92 Å². The number of carbonyl (C=O) groups is 1. The number of ether oxygens (including phenoxy) is 6. The summed E-state index contributed by atoms with van der Waals surface area (Å²) in [6.45, 7) is -0.107. The number of amides is 1. The van der Waals surface area contributed by atoms with Crippen LogP contribution >= 0.6 is 0 Å². The summed E-state index contributed by atoms with van der Waals surface area (Å²) in [6.07, 6.45) is 8.29. The number of rotatable bonds is 13. The van der Waals surface area contributed by atoms with E-state index >= 15 is 0 Å². The number of anilines is 2. The third-order valence-corrected chi connectivity index (χ3v) is 10.8. The Balaban J connectivity index is 1.13. The molecule has 1 amide bonds. The average Bonchev–Trinajstić information content (AvgIpc) is 3.86. The van der Waals surface area contributed by atoms with Crippen molar-refractivity contribution in [1.82, 2.24) is 19.5 Å². The van der Waals surface area contributed by atoms with Gasteiger partial charge in [0.15, 0.2) is 54.0 Å². The molecule has 1 saturated heterocycles. The van der Waals surface area contributed by atoms with Gasteiger partial charge in [-0.05, 0) is 35.6 Å². The first-order chi connectivity index (χ1) is 29.5. The van der Waals surface area contributed by atoms with Gasteiger partial charge in [-0.15, -0.1) is 0 Å². The first-order valence-corrected chi connectivity index (χ1v) is 19.5. The number of hydrogen-bond acceptors (Lipinski definition) is 12. The maximum absolute atomic E-state index is 13.6. The highest BCUT2D eigenvalue weighted by Gasteiger charge is 2.44. The van der Waals surface area contributed by atoms with E-state index in [0.29, 0.717) is 58.3 Å². The van der Waals surface area contributed by atoms with Gasteiger partial charge in [-0.25, -0.2) is 15.0 Å². The lowest BCUT2D eigenvalue weighted by Gasteiger charge is -2.37. The molecule has 1 fully saturated rings. The Hall–Kier alpha value is -6.58. The van der Waals surface area contributed by atoms with E-state index in [1.807, 2.05) is 66.7 Å². The van der Waals surface area contributed by atoms with Crippen molar-refractivity contribution >= 4 is 28.6 Å². The summed E-state index contributed by atoms with van der Waals surface area (Å²) in [4.78, 5) is 27.8. The van der Waals surface area contributed by atoms with E-state index in [0.717, 1.165) is 16.7 Å². The molecule has 4 atom stereocenters. The van der Waals surface area contributed by atoms with Crippen molar-refractivity contribution in [2.45, 2.75) is 36.8 Å². The number of allylic oxidation sites excluding steroid dienone is 2. The number of aliphatic hydroxyl groups is 1. The first-order valence-electron chi connectivity index (χ1n) is 19.5. The average molecular weight is 811 g/mol. The van der Waals surface area contributed by atoms with E-state index in [9.17, 15) is 9.90 Å². The van der Waals surface area contributed by atoms with Gasteiger partial charge in [-0.3, -0.25) is 9.36 Å². The van der Waals surface area contributed by atoms with Crippen molar-refractivity contribution in [2.24, 2.45) is 5.92 Å². The van der Waals surface area contributed by atoms with E-state index in [2.05, 4.69) is 52.0 Å². The highest BCUT2D eigenvalue weighted by Crippen LogP contribution is 2.45. The third-order valence-electron chi connectivity index (χ3n) is 10.8. The summed E-state index contributed by atoms with van der Waals surface area (Å²) in [7, 11) is 4.56. The summed E-state index contributed by atoms with van der Waals surface area (Å²) in [6, 6.07) is 32.3. The molecule has 14 heteroatoms. The van der Waals surface area contributed by atoms with Gasteiger partial charge < -0.3 is 44.2 Å². The minimum absolute atomic E-state index is 0.0388. The Kier molecular flexibility index (Phi) is 12.2. The molecule has 60 heavy (non-hydrogen) atoms. The second-order valence-corrected chi connectivity index (χ2v) is 14.3. The molecule has 4 heterocycles. The quantitative estimate of drug-likeness (QED) is 0.0639. The van der Waals surface area contributed by atoms with E-state index in [4.69, 9.17) is 38.4 Å². The van der Waals surface area contributed by atoms with E-state index in [1.165, 1.54) is 33.7 Å². The fraction of sp³-hybridized carbons (Fsp3) is 0.261. The largest absolute Gasteiger partial charge is 0.492 e. The predicted molar refractivity (Wildman–Crippen MR) is 225 cm³/mol. The van der Waals surface area contributed by atoms with Crippen molar-refractivity contribution in [1.29, 1.82) is 0 Å². The maximum atomic E-state index is 13.6. The molecule has 2 aliphatic heterocycles. The van der Waals surface area contributed by atoms with Crippen LogP contribution in [0.3, 0.4) is 0 Å². The monoisotopic (exact) mass is 810 g/mol. The van der Waals surface area contributed by atoms with E-state index < -0.39 is 35.8 Å². The number of aromatic nitrogens is 4. The number of nitrogens with one attached hydrogen (secondary N) is 2. The SMILES string of the molecule is COCOc1cc2c(OCOC)c(c1OC)C/C=C\C[C@H]1[C@@H](O)[C@H](n3cnc4c(NC(c5ccccc5)(c5ccccc5)c5ccccc5)ncnc43)O[C@@H]1/C=C/C(=O)N2. The Labute approximate surface area is 347 Å². The van der Waals surface area contributed by atoms with Gasteiger partial charge in [-0.2, -0.15) is 0 Å². The Morgan fingerprint density at radius 2 is 1.50 bits per heavy atom. The van der Waals surface area contributed by atoms with Gasteiger partial charge >= 0.3 is 0 Å². The van der Waals surface area contributed by atoms with Crippen LogP contribution < -0.4 is 24.8 Å². The number of aliphatic hydroxyl groups excluding tert-OH is 1. The molecule has 3 N–H and O–H groups in total. The smallest absolute Gasteiger partial charge is 0.248 e. The van der Waals surface area contributed by atoms with Crippen LogP contribution in [0.5, 0.6) is 17.2 Å². The molecule has 2 aromatic heterocycles. The third kappa shape index (κ3) is 7.80. The van der Waals surface area contributed by atoms with E-state index in [1.54, 1.807) is 23.0 Å². The number of carbonyl (C=O) groups excluding carboxylic acids is 1. The number of fused-ring (bicyclic) bond motifs is 4. The molecule has 308 valence electrons. The van der Waals surface area contributed by atoms with Crippen LogP contribution in [0.1, 0.15) is 34.9 Å². The molecule has 0 radical (unpaired) electrons. The van der Waals surface area contributed by atoms with Gasteiger partial charge in [-0.1, -0.05) is 103 Å². The molecule has 0 unspecified atom stereocenters. The summed E-state index contributed by atoms with van der Waals surface area (Å²) in [5, 5.41) is 18.7. The zero-order valence-corrected chi connectivity index (χ0v) is 33.4. The molecular weight excluding hydrogens is 765 g/mol. The molecule has 0 spiro atoms. The Morgan fingerprint density at radius 3 is 2.13 bits per heavy atom. The van der Waals surface area contributed by atoms with Crippen molar-refractivity contribution < 1.29 is 38.3 Å². The topological polar surface area (TPSA) is 160 Å². The molecule has 2 aliphatic rings. The maximum Gasteiger partial charge on any atom is 0.248 e. The van der Waals surface area contributed by atoms with Crippen molar-refractivity contribution in [3.63, 3.8) is 0 Å². The summed E-state index contributed by atoms with van der Waals surface area (Å²) in [5.41, 5.74) is 4.07. The second kappa shape index (κ2) is 18.1. The van der Waals surface area contributed by atoms with Crippen LogP contribution in [-0.4, -0.2) is 77.7 Å². The number of methoxy groups -OCH3 is 3. The number of hydrogen-bond donors (Lipinski definition) is 3. The van der Waals surface area contributed by atoms with Gasteiger partial charge in [0.1, 0.15) is 18.0 Å². The summed E-state index contributed by atoms with van der Waals surface area (Å²) >= 11 is 0. The molecule has 0 aliphatic carbocycles. The van der Waals surface area contributed by atoms with E-state index in [-0.39, 0.29) is 13.6 Å². The van der Waals surface area contributed by atoms with Crippen LogP contribution in [0.2, 0.25) is 0 Å². The highest BCUT2D eigenvalue weighted by atomic mass is 16.7. The zero-order chi connectivity index (χ0) is 41.5. The van der Waals surface area contributed by atoms with Gasteiger partial charge in [0.05, 0.1) is 25.2 Å². The van der Waals surface area contributed by atoms with Crippen LogP contribution in [0.4, 0.5) is 11.5 Å². The fourth-order valence-electron chi connectivity index (χ4n) is 8.03. The first kappa shape index (κ1) is 40.2. The lowest BCUT2D eigenvalue weighted by Crippen LogP contribution is -2.38. The molecular formula is C46H46N6O8. The van der Waals surface area contributed by atoms with Gasteiger partial charge in [0, 0.05) is 37.8 Å². The van der Waals surface area contributed by atoms with Crippen LogP contribution in [0.15, 0.2) is 134 Å². The standard InChI is InChI=1S/C46H46N6O8/c1-55-28-58-37-25-35-41(59-29-56-2)34(42(37)57-3)22-14-13-21-33-36(23-24-38(53)50-35)60-45(40(33)54)52-27-49-39-43(47-26-48-44(39)52)51-46(30-15-7-4-8-16-30,31-17-9-5-10-18-31)32-19-11-6-12-20-32/h4-20,23-27,33,36,40,45,54H,21-22,28-29H2,1-3H3,(H,50,53)(H,47,48,51)/b14-13-,24-23+/t33-,36-,40-,45-/m1/s1.